The van der Waals surface area contributed by atoms with E-state index in [9.17, 15) is 9.90 Å². The lowest BCUT2D eigenvalue weighted by Gasteiger charge is -2.24. The van der Waals surface area contributed by atoms with Crippen LogP contribution in [0.4, 0.5) is 0 Å². The van der Waals surface area contributed by atoms with Crippen molar-refractivity contribution in [1.82, 2.24) is 9.47 Å². The van der Waals surface area contributed by atoms with Gasteiger partial charge in [-0.15, -0.1) is 0 Å². The van der Waals surface area contributed by atoms with Crippen molar-refractivity contribution in [2.45, 2.75) is 38.3 Å². The molecule has 0 radical (unpaired) electrons. The molecule has 1 N–H and O–H groups in total. The molecule has 4 heteroatoms. The summed E-state index contributed by atoms with van der Waals surface area (Å²) >= 11 is 0. The van der Waals surface area contributed by atoms with Gasteiger partial charge in [-0.1, -0.05) is 36.8 Å². The van der Waals surface area contributed by atoms with E-state index >= 15 is 0 Å². The molecule has 0 bridgehead atoms. The fourth-order valence-corrected chi connectivity index (χ4v) is 3.56. The number of amides is 1. The quantitative estimate of drug-likeness (QED) is 0.887. The van der Waals surface area contributed by atoms with Crippen LogP contribution < -0.4 is 0 Å². The maximum Gasteiger partial charge on any atom is 0.270 e. The first-order valence-electron chi connectivity index (χ1n) is 8.78. The zero-order chi connectivity index (χ0) is 16.9. The summed E-state index contributed by atoms with van der Waals surface area (Å²) in [4.78, 5) is 14.5. The van der Waals surface area contributed by atoms with Gasteiger partial charge in [-0.2, -0.15) is 0 Å². The van der Waals surface area contributed by atoms with Crippen LogP contribution >= 0.6 is 0 Å². The van der Waals surface area contributed by atoms with Crippen LogP contribution in [0.1, 0.15) is 35.3 Å². The topological polar surface area (TPSA) is 45.5 Å². The molecule has 128 valence electrons. The van der Waals surface area contributed by atoms with E-state index in [0.717, 1.165) is 37.9 Å². The van der Waals surface area contributed by atoms with Gasteiger partial charge in [0.1, 0.15) is 5.69 Å². The highest BCUT2D eigenvalue weighted by Crippen LogP contribution is 2.26. The van der Waals surface area contributed by atoms with Gasteiger partial charge in [0.25, 0.3) is 5.91 Å². The molecule has 1 saturated carbocycles. The third-order valence-corrected chi connectivity index (χ3v) is 5.01. The molecule has 2 unspecified atom stereocenters. The van der Waals surface area contributed by atoms with Crippen LogP contribution in [0.5, 0.6) is 0 Å². The average Bonchev–Trinajstić information content (AvgIpc) is 3.22. The van der Waals surface area contributed by atoms with E-state index in [0.29, 0.717) is 6.54 Å². The molecular formula is C20H26N2O2. The molecule has 3 rings (SSSR count). The van der Waals surface area contributed by atoms with Gasteiger partial charge in [0.05, 0.1) is 6.10 Å². The summed E-state index contributed by atoms with van der Waals surface area (Å²) in [6.45, 7) is 1.42. The lowest BCUT2D eigenvalue weighted by atomic mass is 10.1. The molecule has 1 aliphatic carbocycles. The Labute approximate surface area is 143 Å². The minimum Gasteiger partial charge on any atom is -0.393 e. The zero-order valence-electron chi connectivity index (χ0n) is 14.3. The van der Waals surface area contributed by atoms with Crippen LogP contribution in [-0.2, 0) is 13.0 Å². The van der Waals surface area contributed by atoms with Gasteiger partial charge in [-0.25, -0.2) is 0 Å². The molecule has 1 fully saturated rings. The number of aryl methyl sites for hydroxylation is 2. The minimum absolute atomic E-state index is 0.0344. The number of rotatable bonds is 6. The van der Waals surface area contributed by atoms with Crippen LogP contribution in [0.3, 0.4) is 0 Å². The van der Waals surface area contributed by atoms with Crippen molar-refractivity contribution in [3.05, 3.63) is 59.9 Å². The number of carbonyl (C=O) groups excluding carboxylic acids is 1. The Morgan fingerprint density at radius 3 is 2.71 bits per heavy atom. The molecule has 24 heavy (non-hydrogen) atoms. The monoisotopic (exact) mass is 326 g/mol. The molecule has 1 aromatic carbocycles. The second-order valence-corrected chi connectivity index (χ2v) is 6.77. The van der Waals surface area contributed by atoms with Crippen molar-refractivity contribution in [2.75, 3.05) is 13.6 Å². The van der Waals surface area contributed by atoms with Crippen molar-refractivity contribution in [1.29, 1.82) is 0 Å². The predicted octanol–water partition coefficient (Wildman–Crippen LogP) is 2.96. The number of aromatic nitrogens is 1. The lowest BCUT2D eigenvalue weighted by molar-refractivity contribution is 0.0684. The Bertz CT molecular complexity index is 665. The molecule has 4 nitrogen and oxygen atoms in total. The molecule has 2 atom stereocenters. The maximum absolute atomic E-state index is 12.8. The summed E-state index contributed by atoms with van der Waals surface area (Å²) in [7, 11) is 1.84. The molecule has 0 aliphatic heterocycles. The van der Waals surface area contributed by atoms with Crippen molar-refractivity contribution in [3.63, 3.8) is 0 Å². The van der Waals surface area contributed by atoms with Gasteiger partial charge in [0.2, 0.25) is 0 Å². The number of hydrogen-bond donors (Lipinski definition) is 1. The Morgan fingerprint density at radius 2 is 2.00 bits per heavy atom. The first-order valence-corrected chi connectivity index (χ1v) is 8.78. The Morgan fingerprint density at radius 1 is 1.21 bits per heavy atom. The predicted molar refractivity (Wildman–Crippen MR) is 94.9 cm³/mol. The van der Waals surface area contributed by atoms with Crippen molar-refractivity contribution >= 4 is 5.91 Å². The molecule has 0 spiro atoms. The normalized spacial score (nSPS) is 20.2. The highest BCUT2D eigenvalue weighted by molar-refractivity contribution is 5.92. The van der Waals surface area contributed by atoms with E-state index in [1.165, 1.54) is 5.56 Å². The molecule has 1 aromatic heterocycles. The van der Waals surface area contributed by atoms with Gasteiger partial charge in [0, 0.05) is 32.3 Å². The smallest absolute Gasteiger partial charge is 0.270 e. The third kappa shape index (κ3) is 3.88. The van der Waals surface area contributed by atoms with E-state index in [2.05, 4.69) is 12.1 Å². The second-order valence-electron chi connectivity index (χ2n) is 6.77. The number of aliphatic hydroxyl groups excluding tert-OH is 1. The van der Waals surface area contributed by atoms with E-state index < -0.39 is 0 Å². The fraction of sp³-hybridized carbons (Fsp3) is 0.450. The molecule has 1 amide bonds. The van der Waals surface area contributed by atoms with E-state index in [1.54, 1.807) is 4.90 Å². The number of benzene rings is 1. The van der Waals surface area contributed by atoms with E-state index in [-0.39, 0.29) is 17.9 Å². The van der Waals surface area contributed by atoms with Gasteiger partial charge in [0.15, 0.2) is 0 Å². The number of nitrogens with zero attached hydrogens (tertiary/aromatic N) is 2. The van der Waals surface area contributed by atoms with Crippen molar-refractivity contribution < 1.29 is 9.90 Å². The summed E-state index contributed by atoms with van der Waals surface area (Å²) < 4.78 is 2.02. The Hall–Kier alpha value is -2.07. The summed E-state index contributed by atoms with van der Waals surface area (Å²) in [5.74, 6) is 0.249. The summed E-state index contributed by atoms with van der Waals surface area (Å²) in [5, 5.41) is 9.97. The molecule has 2 aromatic rings. The van der Waals surface area contributed by atoms with Gasteiger partial charge < -0.3 is 14.6 Å². The largest absolute Gasteiger partial charge is 0.393 e. The molecule has 1 heterocycles. The molecule has 0 saturated heterocycles. The SMILES string of the molecule is CN(CC1CCCC1O)C(=O)c1cccn1CCc1ccccc1. The minimum atomic E-state index is -0.259. The Balaban J connectivity index is 1.62. The van der Waals surface area contributed by atoms with E-state index in [4.69, 9.17) is 0 Å². The molecular weight excluding hydrogens is 300 g/mol. The van der Waals surface area contributed by atoms with Crippen LogP contribution in [0.25, 0.3) is 0 Å². The fourth-order valence-electron chi connectivity index (χ4n) is 3.56. The lowest BCUT2D eigenvalue weighted by Crippen LogP contribution is -2.35. The van der Waals surface area contributed by atoms with Gasteiger partial charge in [-0.3, -0.25) is 4.79 Å². The highest BCUT2D eigenvalue weighted by atomic mass is 16.3. The highest BCUT2D eigenvalue weighted by Gasteiger charge is 2.28. The van der Waals surface area contributed by atoms with E-state index in [1.807, 2.05) is 48.1 Å². The standard InChI is InChI=1S/C20H26N2O2/c1-21(15-17-9-5-11-19(17)23)20(24)18-10-6-13-22(18)14-12-16-7-3-2-4-8-16/h2-4,6-8,10,13,17,19,23H,5,9,11-12,14-15H2,1H3. The second kappa shape index (κ2) is 7.67. The number of hydrogen-bond acceptors (Lipinski definition) is 2. The number of aliphatic hydroxyl groups is 1. The van der Waals surface area contributed by atoms with Gasteiger partial charge >= 0.3 is 0 Å². The first-order chi connectivity index (χ1) is 11.6. The summed E-state index contributed by atoms with van der Waals surface area (Å²) in [5.41, 5.74) is 1.99. The first kappa shape index (κ1) is 16.8. The van der Waals surface area contributed by atoms with Crippen LogP contribution in [0, 0.1) is 5.92 Å². The maximum atomic E-state index is 12.8. The van der Waals surface area contributed by atoms with Crippen molar-refractivity contribution in [2.24, 2.45) is 5.92 Å². The van der Waals surface area contributed by atoms with Crippen LogP contribution in [0.2, 0.25) is 0 Å². The van der Waals surface area contributed by atoms with Crippen molar-refractivity contribution in [3.8, 4) is 0 Å². The van der Waals surface area contributed by atoms with Crippen LogP contribution in [0.15, 0.2) is 48.7 Å². The summed E-state index contributed by atoms with van der Waals surface area (Å²) in [6.07, 6.45) is 5.54. The Kier molecular flexibility index (Phi) is 5.36. The summed E-state index contributed by atoms with van der Waals surface area (Å²) in [6, 6.07) is 14.1. The number of carbonyl (C=O) groups is 1. The van der Waals surface area contributed by atoms with Crippen LogP contribution in [-0.4, -0.2) is 40.2 Å². The molecule has 1 aliphatic rings. The average molecular weight is 326 g/mol. The third-order valence-electron chi connectivity index (χ3n) is 5.01. The van der Waals surface area contributed by atoms with Gasteiger partial charge in [-0.05, 0) is 37.0 Å². The zero-order valence-corrected chi connectivity index (χ0v) is 14.3.